The van der Waals surface area contributed by atoms with Crippen LogP contribution in [0.3, 0.4) is 0 Å². The summed E-state index contributed by atoms with van der Waals surface area (Å²) in [5.74, 6) is -0.115. The molecule has 0 saturated carbocycles. The number of carbonyl (C=O) groups excluding carboxylic acids is 1. The fourth-order valence-corrected chi connectivity index (χ4v) is 6.58. The molecule has 3 aromatic heterocycles. The Bertz CT molecular complexity index is 1500. The Labute approximate surface area is 205 Å². The molecule has 180 valence electrons. The van der Waals surface area contributed by atoms with Crippen LogP contribution in [0.5, 0.6) is 5.75 Å². The van der Waals surface area contributed by atoms with Gasteiger partial charge >= 0.3 is 0 Å². The fraction of sp³-hybridized carbons (Fsp3) is 0.217. The number of thiophene rings is 1. The number of nitrogens with zero attached hydrogens (tertiary/aromatic N) is 5. The van der Waals surface area contributed by atoms with E-state index in [-0.39, 0.29) is 36.1 Å². The number of sulfonamides is 1. The summed E-state index contributed by atoms with van der Waals surface area (Å²) in [6.45, 7) is 0.540. The van der Waals surface area contributed by atoms with Crippen LogP contribution in [0.1, 0.15) is 10.5 Å². The predicted molar refractivity (Wildman–Crippen MR) is 131 cm³/mol. The summed E-state index contributed by atoms with van der Waals surface area (Å²) in [7, 11) is -2.11. The third-order valence-corrected chi connectivity index (χ3v) is 9.03. The summed E-state index contributed by atoms with van der Waals surface area (Å²) in [5.41, 5.74) is 0.225. The molecule has 12 heteroatoms. The van der Waals surface area contributed by atoms with E-state index in [2.05, 4.69) is 9.97 Å². The number of pyridine rings is 1. The normalized spacial score (nSPS) is 16.2. The Morgan fingerprint density at radius 1 is 1.09 bits per heavy atom. The number of amides is 1. The van der Waals surface area contributed by atoms with Gasteiger partial charge in [-0.2, -0.15) is 0 Å². The van der Waals surface area contributed by atoms with Crippen molar-refractivity contribution in [2.45, 2.75) is 4.21 Å². The molecule has 0 N–H and O–H groups in total. The second kappa shape index (κ2) is 9.30. The van der Waals surface area contributed by atoms with Crippen molar-refractivity contribution in [1.82, 2.24) is 23.7 Å². The molecule has 1 saturated heterocycles. The highest BCUT2D eigenvalue weighted by Gasteiger charge is 2.36. The maximum absolute atomic E-state index is 13.6. The number of carbonyl (C=O) groups is 1. The molecular formula is C23H21N5O5S2. The number of piperazine rings is 1. The highest BCUT2D eigenvalue weighted by Crippen LogP contribution is 2.27. The smallest absolute Gasteiger partial charge is 0.288 e. The number of methoxy groups -OCH3 is 1. The van der Waals surface area contributed by atoms with Crippen LogP contribution in [-0.4, -0.2) is 67.5 Å². The van der Waals surface area contributed by atoms with E-state index >= 15 is 0 Å². The van der Waals surface area contributed by atoms with E-state index < -0.39 is 21.9 Å². The second-order valence-corrected chi connectivity index (χ2v) is 10.9. The summed E-state index contributed by atoms with van der Waals surface area (Å²) < 4.78 is 34.0. The third kappa shape index (κ3) is 4.14. The van der Waals surface area contributed by atoms with Gasteiger partial charge < -0.3 is 14.2 Å². The van der Waals surface area contributed by atoms with Crippen molar-refractivity contribution in [3.63, 3.8) is 0 Å². The average molecular weight is 512 g/mol. The van der Waals surface area contributed by atoms with Crippen molar-refractivity contribution in [2.24, 2.45) is 0 Å². The van der Waals surface area contributed by atoms with Crippen LogP contribution in [0.15, 0.2) is 69.1 Å². The van der Waals surface area contributed by atoms with E-state index in [4.69, 9.17) is 4.74 Å². The lowest BCUT2D eigenvalue weighted by Gasteiger charge is -2.35. The Kier molecular flexibility index (Phi) is 6.19. The summed E-state index contributed by atoms with van der Waals surface area (Å²) in [5, 5.41) is 1.71. The van der Waals surface area contributed by atoms with E-state index in [1.165, 1.54) is 20.9 Å². The van der Waals surface area contributed by atoms with E-state index in [1.807, 2.05) is 0 Å². The van der Waals surface area contributed by atoms with Gasteiger partial charge in [0.1, 0.15) is 11.3 Å². The molecule has 1 amide bonds. The Morgan fingerprint density at radius 3 is 2.57 bits per heavy atom. The lowest BCUT2D eigenvalue weighted by atomic mass is 10.2. The summed E-state index contributed by atoms with van der Waals surface area (Å²) in [6, 6.07) is 13.6. The van der Waals surface area contributed by atoms with Gasteiger partial charge in [0.25, 0.3) is 11.5 Å². The average Bonchev–Trinajstić information content (AvgIpc) is 3.44. The van der Waals surface area contributed by atoms with Crippen molar-refractivity contribution < 1.29 is 18.3 Å². The van der Waals surface area contributed by atoms with Crippen molar-refractivity contribution in [3.8, 4) is 11.4 Å². The highest BCUT2D eigenvalue weighted by atomic mass is 32.3. The van der Waals surface area contributed by atoms with Crippen LogP contribution >= 0.6 is 11.3 Å². The third-order valence-electron chi connectivity index (χ3n) is 5.76. The van der Waals surface area contributed by atoms with E-state index in [1.54, 1.807) is 60.1 Å². The van der Waals surface area contributed by atoms with Crippen molar-refractivity contribution in [1.29, 1.82) is 0 Å². The lowest BCUT2D eigenvalue weighted by Crippen LogP contribution is -2.53. The molecule has 5 rings (SSSR count). The largest absolute Gasteiger partial charge is 0.592 e. The topological polar surface area (TPSA) is 121 Å². The minimum Gasteiger partial charge on any atom is -0.592 e. The fourth-order valence-electron chi connectivity index (χ4n) is 4.01. The molecule has 1 aliphatic rings. The number of para-hydroxylation sites is 2. The van der Waals surface area contributed by atoms with Crippen LogP contribution < -0.4 is 10.3 Å². The van der Waals surface area contributed by atoms with E-state index in [9.17, 15) is 18.4 Å². The molecule has 1 aromatic carbocycles. The quantitative estimate of drug-likeness (QED) is 0.377. The van der Waals surface area contributed by atoms with Gasteiger partial charge in [-0.25, -0.2) is 9.97 Å². The van der Waals surface area contributed by atoms with Gasteiger partial charge in [-0.1, -0.05) is 27.7 Å². The second-order valence-electron chi connectivity index (χ2n) is 7.75. The van der Waals surface area contributed by atoms with E-state index in [0.717, 1.165) is 11.3 Å². The standard InChI is InChI=1S/C23H21N5O5S2/c1-33-18-8-3-2-7-17(18)28-21-16(6-4-10-24-21)25-20(23(28)30)22(29)26-11-13-27(14-12-26)35(31,32)19-9-5-15-34-19/h2-10,15H,11-14H2,1H3. The van der Waals surface area contributed by atoms with Gasteiger partial charge in [-0.05, 0) is 35.7 Å². The number of benzene rings is 1. The van der Waals surface area contributed by atoms with Gasteiger partial charge in [0.15, 0.2) is 21.7 Å². The predicted octanol–water partition coefficient (Wildman–Crippen LogP) is 2.21. The molecule has 1 atom stereocenters. The van der Waals surface area contributed by atoms with Crippen LogP contribution in [0.2, 0.25) is 0 Å². The molecule has 10 nitrogen and oxygen atoms in total. The molecule has 0 bridgehead atoms. The van der Waals surface area contributed by atoms with Crippen molar-refractivity contribution in [3.05, 3.63) is 76.2 Å². The van der Waals surface area contributed by atoms with Crippen molar-refractivity contribution in [2.75, 3.05) is 33.3 Å². The molecule has 0 radical (unpaired) electrons. The number of aromatic nitrogens is 3. The molecule has 4 heterocycles. The first-order valence-corrected chi connectivity index (χ1v) is 13.1. The lowest BCUT2D eigenvalue weighted by molar-refractivity contribution is 0.0685. The summed E-state index contributed by atoms with van der Waals surface area (Å²) in [6.07, 6.45) is 1.55. The van der Waals surface area contributed by atoms with Gasteiger partial charge in [-0.3, -0.25) is 14.2 Å². The number of hydrogen-bond donors (Lipinski definition) is 0. The van der Waals surface area contributed by atoms with Gasteiger partial charge in [-0.15, -0.1) is 4.31 Å². The first kappa shape index (κ1) is 23.3. The Morgan fingerprint density at radius 2 is 1.86 bits per heavy atom. The van der Waals surface area contributed by atoms with Gasteiger partial charge in [0, 0.05) is 25.4 Å². The highest BCUT2D eigenvalue weighted by molar-refractivity contribution is 7.97. The maximum Gasteiger partial charge on any atom is 0.288 e. The maximum atomic E-state index is 13.6. The number of rotatable bonds is 5. The molecule has 1 aliphatic heterocycles. The summed E-state index contributed by atoms with van der Waals surface area (Å²) in [4.78, 5) is 37.1. The Hall–Kier alpha value is -3.45. The van der Waals surface area contributed by atoms with Crippen LogP contribution in [-0.2, 0) is 14.6 Å². The van der Waals surface area contributed by atoms with Crippen LogP contribution in [0.4, 0.5) is 0 Å². The Balaban J connectivity index is 1.49. The first-order valence-electron chi connectivity index (χ1n) is 10.8. The van der Waals surface area contributed by atoms with Crippen LogP contribution in [0.25, 0.3) is 16.9 Å². The molecular weight excluding hydrogens is 490 g/mol. The van der Waals surface area contributed by atoms with Gasteiger partial charge in [0.2, 0.25) is 4.21 Å². The minimum absolute atomic E-state index is 0.127. The SMILES string of the molecule is COc1ccccc1-n1c(=O)c(C(=O)N2CCN([S+](=O)([O-])c3cccs3)CC2)nc2cccnc21. The molecule has 1 fully saturated rings. The molecule has 1 unspecified atom stereocenters. The number of ether oxygens (including phenoxy) is 1. The molecule has 0 aliphatic carbocycles. The minimum atomic E-state index is -3.61. The zero-order valence-corrected chi connectivity index (χ0v) is 20.3. The molecule has 35 heavy (non-hydrogen) atoms. The molecule has 0 spiro atoms. The zero-order valence-electron chi connectivity index (χ0n) is 18.7. The van der Waals surface area contributed by atoms with Crippen LogP contribution in [0, 0.1) is 0 Å². The molecule has 4 aromatic rings. The summed E-state index contributed by atoms with van der Waals surface area (Å²) >= 11 is 1.15. The van der Waals surface area contributed by atoms with Gasteiger partial charge in [0.05, 0.1) is 25.9 Å². The zero-order chi connectivity index (χ0) is 24.6. The van der Waals surface area contributed by atoms with E-state index in [0.29, 0.717) is 22.6 Å². The number of fused-ring (bicyclic) bond motifs is 1. The number of hydrogen-bond acceptors (Lipinski definition) is 8. The first-order chi connectivity index (χ1) is 16.9. The monoisotopic (exact) mass is 511 g/mol. The van der Waals surface area contributed by atoms with Crippen molar-refractivity contribution >= 4 is 38.8 Å².